The quantitative estimate of drug-likeness (QED) is 0.847. The summed E-state index contributed by atoms with van der Waals surface area (Å²) in [5.41, 5.74) is 0.816. The number of thioether (sulfide) groups is 1. The van der Waals surface area contributed by atoms with Gasteiger partial charge in [0, 0.05) is 47.7 Å². The molecule has 116 valence electrons. The molecule has 1 saturated heterocycles. The molecule has 1 fully saturated rings. The fourth-order valence-corrected chi connectivity index (χ4v) is 3.80. The minimum atomic E-state index is -0.231. The second-order valence-electron chi connectivity index (χ2n) is 5.22. The van der Waals surface area contributed by atoms with Gasteiger partial charge < -0.3 is 9.47 Å². The molecule has 1 aliphatic rings. The van der Waals surface area contributed by atoms with Crippen molar-refractivity contribution in [3.05, 3.63) is 45.2 Å². The van der Waals surface area contributed by atoms with E-state index in [1.807, 2.05) is 29.3 Å². The zero-order chi connectivity index (χ0) is 15.7. The molecule has 0 N–H and O–H groups in total. The molecule has 2 aromatic rings. The zero-order valence-corrected chi connectivity index (χ0v) is 13.9. The molecule has 0 aliphatic carbocycles. The van der Waals surface area contributed by atoms with Crippen molar-refractivity contribution in [2.24, 2.45) is 0 Å². The second kappa shape index (κ2) is 6.34. The Hall–Kier alpha value is -1.46. The van der Waals surface area contributed by atoms with E-state index in [0.717, 1.165) is 17.0 Å². The first-order chi connectivity index (χ1) is 10.6. The van der Waals surface area contributed by atoms with Gasteiger partial charge in [0.2, 0.25) is 5.43 Å². The third-order valence-corrected chi connectivity index (χ3v) is 5.09. The lowest BCUT2D eigenvalue weighted by molar-refractivity contribution is 0.0770. The van der Waals surface area contributed by atoms with Crippen molar-refractivity contribution >= 4 is 40.2 Å². The van der Waals surface area contributed by atoms with Gasteiger partial charge in [-0.25, -0.2) is 0 Å². The Balaban J connectivity index is 2.15. The van der Waals surface area contributed by atoms with E-state index in [0.29, 0.717) is 30.0 Å². The van der Waals surface area contributed by atoms with Crippen LogP contribution in [0.4, 0.5) is 0 Å². The fourth-order valence-electron chi connectivity index (χ4n) is 2.72. The van der Waals surface area contributed by atoms with E-state index >= 15 is 0 Å². The van der Waals surface area contributed by atoms with Gasteiger partial charge >= 0.3 is 0 Å². The summed E-state index contributed by atoms with van der Waals surface area (Å²) in [6.45, 7) is 4.07. The van der Waals surface area contributed by atoms with Crippen molar-refractivity contribution in [3.63, 3.8) is 0 Å². The van der Waals surface area contributed by atoms with Gasteiger partial charge in [0.1, 0.15) is 5.56 Å². The minimum absolute atomic E-state index is 0.172. The van der Waals surface area contributed by atoms with Crippen molar-refractivity contribution in [1.82, 2.24) is 9.47 Å². The standard InChI is InChI=1S/C16H17ClN2O2S/c1-2-18-10-13(16(21)19-5-7-22-8-6-19)15(20)12-9-11(17)3-4-14(12)18/h3-4,9-10H,2,5-8H2,1H3. The number of nitrogens with zero attached hydrogens (tertiary/aromatic N) is 2. The predicted octanol–water partition coefficient (Wildman–Crippen LogP) is 2.86. The smallest absolute Gasteiger partial charge is 0.259 e. The number of hydrogen-bond acceptors (Lipinski definition) is 3. The van der Waals surface area contributed by atoms with Crippen LogP contribution in [-0.4, -0.2) is 40.0 Å². The van der Waals surface area contributed by atoms with E-state index in [-0.39, 0.29) is 16.9 Å². The maximum atomic E-state index is 12.7. The molecule has 0 unspecified atom stereocenters. The van der Waals surface area contributed by atoms with Crippen LogP contribution in [0.3, 0.4) is 0 Å². The van der Waals surface area contributed by atoms with Crippen molar-refractivity contribution in [2.75, 3.05) is 24.6 Å². The van der Waals surface area contributed by atoms with E-state index in [2.05, 4.69) is 0 Å². The third kappa shape index (κ3) is 2.75. The number of pyridine rings is 1. The highest BCUT2D eigenvalue weighted by molar-refractivity contribution is 7.99. The first-order valence-corrected chi connectivity index (χ1v) is 8.85. The maximum absolute atomic E-state index is 12.7. The molecule has 1 aliphatic heterocycles. The number of aryl methyl sites for hydroxylation is 1. The molecule has 6 heteroatoms. The number of halogens is 1. The molecule has 1 amide bonds. The van der Waals surface area contributed by atoms with Crippen molar-refractivity contribution in [3.8, 4) is 0 Å². The summed E-state index contributed by atoms with van der Waals surface area (Å²) in [5, 5.41) is 1.01. The number of hydrogen-bond donors (Lipinski definition) is 0. The molecule has 4 nitrogen and oxygen atoms in total. The van der Waals surface area contributed by atoms with Gasteiger partial charge in [-0.3, -0.25) is 9.59 Å². The van der Waals surface area contributed by atoms with Crippen LogP contribution in [-0.2, 0) is 6.54 Å². The van der Waals surface area contributed by atoms with Gasteiger partial charge in [-0.05, 0) is 25.1 Å². The molecule has 1 aromatic heterocycles. The molecular formula is C16H17ClN2O2S. The number of benzene rings is 1. The first kappa shape index (κ1) is 15.4. The zero-order valence-electron chi connectivity index (χ0n) is 12.3. The minimum Gasteiger partial charge on any atom is -0.347 e. The number of aromatic nitrogens is 1. The van der Waals surface area contributed by atoms with Crippen molar-refractivity contribution < 1.29 is 4.79 Å². The summed E-state index contributed by atoms with van der Waals surface area (Å²) in [4.78, 5) is 27.2. The molecule has 0 saturated carbocycles. The molecule has 0 bridgehead atoms. The summed E-state index contributed by atoms with van der Waals surface area (Å²) >= 11 is 7.85. The Labute approximate surface area is 138 Å². The van der Waals surface area contributed by atoms with Gasteiger partial charge in [0.05, 0.1) is 5.52 Å². The number of carbonyl (C=O) groups excluding carboxylic acids is 1. The summed E-state index contributed by atoms with van der Waals surface area (Å²) in [6, 6.07) is 5.24. The van der Waals surface area contributed by atoms with Crippen LogP contribution >= 0.6 is 23.4 Å². The number of amides is 1. The Morgan fingerprint density at radius 1 is 1.32 bits per heavy atom. The SMILES string of the molecule is CCn1cc(C(=O)N2CCSCC2)c(=O)c2cc(Cl)ccc21. The lowest BCUT2D eigenvalue weighted by Crippen LogP contribution is -2.40. The molecule has 0 spiro atoms. The summed E-state index contributed by atoms with van der Waals surface area (Å²) in [5.74, 6) is 1.68. The van der Waals surface area contributed by atoms with Crippen LogP contribution in [0.5, 0.6) is 0 Å². The number of fused-ring (bicyclic) bond motifs is 1. The van der Waals surface area contributed by atoms with E-state index in [4.69, 9.17) is 11.6 Å². The van der Waals surface area contributed by atoms with Gasteiger partial charge in [0.25, 0.3) is 5.91 Å². The highest BCUT2D eigenvalue weighted by atomic mass is 35.5. The van der Waals surface area contributed by atoms with Crippen LogP contribution in [0.15, 0.2) is 29.2 Å². The highest BCUT2D eigenvalue weighted by Gasteiger charge is 2.22. The van der Waals surface area contributed by atoms with Crippen LogP contribution in [0, 0.1) is 0 Å². The Morgan fingerprint density at radius 3 is 2.73 bits per heavy atom. The summed E-state index contributed by atoms with van der Waals surface area (Å²) < 4.78 is 1.93. The van der Waals surface area contributed by atoms with Crippen LogP contribution < -0.4 is 5.43 Å². The second-order valence-corrected chi connectivity index (χ2v) is 6.89. The van der Waals surface area contributed by atoms with E-state index < -0.39 is 0 Å². The Kier molecular flexibility index (Phi) is 4.45. The van der Waals surface area contributed by atoms with Crippen LogP contribution in [0.2, 0.25) is 5.02 Å². The highest BCUT2D eigenvalue weighted by Crippen LogP contribution is 2.19. The molecule has 2 heterocycles. The van der Waals surface area contributed by atoms with Gasteiger partial charge in [-0.1, -0.05) is 11.6 Å². The fraction of sp³-hybridized carbons (Fsp3) is 0.375. The monoisotopic (exact) mass is 336 g/mol. The van der Waals surface area contributed by atoms with E-state index in [9.17, 15) is 9.59 Å². The molecule has 1 aromatic carbocycles. The Bertz CT molecular complexity index is 782. The summed E-state index contributed by atoms with van der Waals surface area (Å²) in [6.07, 6.45) is 1.68. The number of rotatable bonds is 2. The topological polar surface area (TPSA) is 42.3 Å². The maximum Gasteiger partial charge on any atom is 0.259 e. The molecule has 0 atom stereocenters. The third-order valence-electron chi connectivity index (χ3n) is 3.91. The van der Waals surface area contributed by atoms with Crippen LogP contribution in [0.1, 0.15) is 17.3 Å². The van der Waals surface area contributed by atoms with Gasteiger partial charge in [0.15, 0.2) is 0 Å². The lowest BCUT2D eigenvalue weighted by Gasteiger charge is -2.26. The normalized spacial score (nSPS) is 15.3. The predicted molar refractivity (Wildman–Crippen MR) is 92.1 cm³/mol. The molecular weight excluding hydrogens is 320 g/mol. The van der Waals surface area contributed by atoms with Crippen molar-refractivity contribution in [2.45, 2.75) is 13.5 Å². The van der Waals surface area contributed by atoms with Crippen LogP contribution in [0.25, 0.3) is 10.9 Å². The van der Waals surface area contributed by atoms with Gasteiger partial charge in [-0.2, -0.15) is 11.8 Å². The average molecular weight is 337 g/mol. The molecule has 0 radical (unpaired) electrons. The summed E-state index contributed by atoms with van der Waals surface area (Å²) in [7, 11) is 0. The lowest BCUT2D eigenvalue weighted by atomic mass is 10.1. The van der Waals surface area contributed by atoms with E-state index in [1.54, 1.807) is 23.2 Å². The first-order valence-electron chi connectivity index (χ1n) is 7.31. The largest absolute Gasteiger partial charge is 0.347 e. The van der Waals surface area contributed by atoms with E-state index in [1.165, 1.54) is 0 Å². The number of carbonyl (C=O) groups is 1. The molecule has 3 rings (SSSR count). The van der Waals surface area contributed by atoms with Gasteiger partial charge in [-0.15, -0.1) is 0 Å². The average Bonchev–Trinajstić information content (AvgIpc) is 2.56. The molecule has 22 heavy (non-hydrogen) atoms. The Morgan fingerprint density at radius 2 is 2.05 bits per heavy atom. The van der Waals surface area contributed by atoms with Crippen molar-refractivity contribution in [1.29, 1.82) is 0 Å².